The van der Waals surface area contributed by atoms with E-state index >= 15 is 0 Å². The number of nitrogens with one attached hydrogen (secondary N) is 1. The molecule has 114 valence electrons. The van der Waals surface area contributed by atoms with Crippen molar-refractivity contribution < 1.29 is 19.1 Å². The monoisotopic (exact) mass is 297 g/mol. The van der Waals surface area contributed by atoms with Crippen LogP contribution in [0.2, 0.25) is 0 Å². The molecule has 1 aliphatic heterocycles. The number of amides is 1. The number of carbonyl (C=O) groups excluding carboxylic acids is 2. The quantitative estimate of drug-likeness (QED) is 0.642. The number of hydrogen-bond acceptors (Lipinski definition) is 6. The van der Waals surface area contributed by atoms with Crippen LogP contribution in [-0.4, -0.2) is 59.2 Å². The number of esters is 1. The number of ether oxygens (including phenoxy) is 2. The molecule has 21 heavy (non-hydrogen) atoms. The number of nitrogens with zero attached hydrogens (tertiary/aromatic N) is 2. The average Bonchev–Trinajstić information content (AvgIpc) is 2.49. The van der Waals surface area contributed by atoms with E-state index < -0.39 is 23.3 Å². The zero-order valence-corrected chi connectivity index (χ0v) is 11.4. The fourth-order valence-corrected chi connectivity index (χ4v) is 1.96. The highest BCUT2D eigenvalue weighted by atomic mass is 16.6. The third-order valence-corrected chi connectivity index (χ3v) is 3.09. The molecule has 1 amide bonds. The molecule has 1 N–H and O–H groups in total. The summed E-state index contributed by atoms with van der Waals surface area (Å²) in [4.78, 5) is 49.5. The van der Waals surface area contributed by atoms with Gasteiger partial charge in [0.05, 0.1) is 20.3 Å². The molecule has 1 aromatic rings. The molecule has 9 heteroatoms. The number of aromatic amines is 1. The first-order valence-corrected chi connectivity index (χ1v) is 6.28. The predicted molar refractivity (Wildman–Crippen MR) is 69.7 cm³/mol. The highest BCUT2D eigenvalue weighted by Crippen LogP contribution is 2.07. The molecule has 2 heterocycles. The molecule has 2 rings (SSSR count). The highest BCUT2D eigenvalue weighted by Gasteiger charge is 2.29. The van der Waals surface area contributed by atoms with Gasteiger partial charge in [-0.1, -0.05) is 0 Å². The Kier molecular flexibility index (Phi) is 4.53. The molecular weight excluding hydrogens is 282 g/mol. The van der Waals surface area contributed by atoms with Crippen molar-refractivity contribution in [3.8, 4) is 0 Å². The zero-order valence-electron chi connectivity index (χ0n) is 11.4. The summed E-state index contributed by atoms with van der Waals surface area (Å²) >= 11 is 0. The van der Waals surface area contributed by atoms with Crippen LogP contribution in [0.15, 0.2) is 21.9 Å². The van der Waals surface area contributed by atoms with E-state index in [9.17, 15) is 19.2 Å². The van der Waals surface area contributed by atoms with E-state index in [-0.39, 0.29) is 25.6 Å². The Hall–Kier alpha value is -2.42. The number of H-pyrrole nitrogens is 1. The maximum Gasteiger partial charge on any atom is 0.336 e. The largest absolute Gasteiger partial charge is 0.467 e. The SMILES string of the molecule is COC(=O)C1CN(C(=O)Cn2ccc(=O)[nH]c2=O)CCO1. The van der Waals surface area contributed by atoms with E-state index in [1.165, 1.54) is 18.2 Å². The molecule has 0 radical (unpaired) electrons. The zero-order chi connectivity index (χ0) is 15.4. The summed E-state index contributed by atoms with van der Waals surface area (Å²) in [5.74, 6) is -0.893. The second kappa shape index (κ2) is 6.35. The Morgan fingerprint density at radius 2 is 2.24 bits per heavy atom. The first-order valence-electron chi connectivity index (χ1n) is 6.28. The molecule has 1 unspecified atom stereocenters. The number of carbonyl (C=O) groups is 2. The van der Waals surface area contributed by atoms with Crippen molar-refractivity contribution in [3.05, 3.63) is 33.1 Å². The normalized spacial score (nSPS) is 18.3. The van der Waals surface area contributed by atoms with Gasteiger partial charge in [0.15, 0.2) is 6.10 Å². The molecule has 0 aromatic carbocycles. The van der Waals surface area contributed by atoms with Crippen LogP contribution in [0.3, 0.4) is 0 Å². The summed E-state index contributed by atoms with van der Waals surface area (Å²) in [6, 6.07) is 1.16. The molecular formula is C12H15N3O6. The fraction of sp³-hybridized carbons (Fsp3) is 0.500. The first kappa shape index (κ1) is 15.0. The van der Waals surface area contributed by atoms with Crippen molar-refractivity contribution in [2.75, 3.05) is 26.8 Å². The van der Waals surface area contributed by atoms with Gasteiger partial charge in [0.1, 0.15) is 6.54 Å². The van der Waals surface area contributed by atoms with E-state index in [1.54, 1.807) is 0 Å². The Morgan fingerprint density at radius 1 is 1.48 bits per heavy atom. The van der Waals surface area contributed by atoms with Crippen LogP contribution in [0.4, 0.5) is 0 Å². The third kappa shape index (κ3) is 3.57. The molecule has 1 fully saturated rings. The van der Waals surface area contributed by atoms with Gasteiger partial charge in [0.25, 0.3) is 5.56 Å². The summed E-state index contributed by atoms with van der Waals surface area (Å²) in [6.07, 6.45) is 0.428. The number of aromatic nitrogens is 2. The van der Waals surface area contributed by atoms with E-state index in [0.29, 0.717) is 6.54 Å². The lowest BCUT2D eigenvalue weighted by atomic mass is 10.2. The summed E-state index contributed by atoms with van der Waals surface area (Å²) in [5, 5.41) is 0. The molecule has 0 aliphatic carbocycles. The molecule has 1 aliphatic rings. The number of hydrogen-bond donors (Lipinski definition) is 1. The molecule has 0 saturated carbocycles. The lowest BCUT2D eigenvalue weighted by molar-refractivity contribution is -0.162. The van der Waals surface area contributed by atoms with Crippen LogP contribution in [0.1, 0.15) is 0 Å². The van der Waals surface area contributed by atoms with Crippen molar-refractivity contribution in [3.63, 3.8) is 0 Å². The minimum Gasteiger partial charge on any atom is -0.467 e. The van der Waals surface area contributed by atoms with Crippen LogP contribution < -0.4 is 11.2 Å². The second-order valence-electron chi connectivity index (χ2n) is 4.46. The Morgan fingerprint density at radius 3 is 2.90 bits per heavy atom. The van der Waals surface area contributed by atoms with Gasteiger partial charge < -0.3 is 14.4 Å². The molecule has 1 aromatic heterocycles. The molecule has 1 atom stereocenters. The van der Waals surface area contributed by atoms with E-state index in [4.69, 9.17) is 4.74 Å². The average molecular weight is 297 g/mol. The van der Waals surface area contributed by atoms with Gasteiger partial charge in [-0.05, 0) is 0 Å². The van der Waals surface area contributed by atoms with Gasteiger partial charge in [-0.25, -0.2) is 9.59 Å². The van der Waals surface area contributed by atoms with Gasteiger partial charge >= 0.3 is 11.7 Å². The standard InChI is InChI=1S/C12H15N3O6/c1-20-11(18)8-6-14(4-5-21-8)10(17)7-15-3-2-9(16)13-12(15)19/h2-3,8H,4-7H2,1H3,(H,13,16,19). The van der Waals surface area contributed by atoms with E-state index in [1.807, 2.05) is 0 Å². The number of rotatable bonds is 3. The summed E-state index contributed by atoms with van der Waals surface area (Å²) < 4.78 is 10.9. The van der Waals surface area contributed by atoms with Crippen LogP contribution in [0.25, 0.3) is 0 Å². The smallest absolute Gasteiger partial charge is 0.336 e. The van der Waals surface area contributed by atoms with Gasteiger partial charge in [0, 0.05) is 18.8 Å². The van der Waals surface area contributed by atoms with Crippen molar-refractivity contribution in [1.29, 1.82) is 0 Å². The van der Waals surface area contributed by atoms with Crippen molar-refractivity contribution in [1.82, 2.24) is 14.5 Å². The maximum absolute atomic E-state index is 12.1. The van der Waals surface area contributed by atoms with Crippen LogP contribution in [0, 0.1) is 0 Å². The molecule has 0 bridgehead atoms. The molecule has 0 spiro atoms. The second-order valence-corrected chi connectivity index (χ2v) is 4.46. The topological polar surface area (TPSA) is 111 Å². The maximum atomic E-state index is 12.1. The number of morpholine rings is 1. The summed E-state index contributed by atoms with van der Waals surface area (Å²) in [7, 11) is 1.24. The number of methoxy groups -OCH3 is 1. The van der Waals surface area contributed by atoms with Gasteiger partial charge in [-0.15, -0.1) is 0 Å². The van der Waals surface area contributed by atoms with Crippen LogP contribution in [0.5, 0.6) is 0 Å². The van der Waals surface area contributed by atoms with Crippen molar-refractivity contribution in [2.45, 2.75) is 12.6 Å². The Balaban J connectivity index is 2.04. The van der Waals surface area contributed by atoms with Gasteiger partial charge in [-0.2, -0.15) is 0 Å². The minimum absolute atomic E-state index is 0.0730. The third-order valence-electron chi connectivity index (χ3n) is 3.09. The summed E-state index contributed by atoms with van der Waals surface area (Å²) in [6.45, 7) is 0.392. The minimum atomic E-state index is -0.819. The Bertz CT molecular complexity index is 649. The van der Waals surface area contributed by atoms with E-state index in [0.717, 1.165) is 10.6 Å². The Labute approximate surface area is 119 Å². The van der Waals surface area contributed by atoms with Crippen molar-refractivity contribution >= 4 is 11.9 Å². The highest BCUT2D eigenvalue weighted by molar-refractivity contribution is 5.79. The van der Waals surface area contributed by atoms with Crippen molar-refractivity contribution in [2.24, 2.45) is 0 Å². The fourth-order valence-electron chi connectivity index (χ4n) is 1.96. The van der Waals surface area contributed by atoms with Crippen LogP contribution >= 0.6 is 0 Å². The first-order chi connectivity index (χ1) is 10.0. The summed E-state index contributed by atoms with van der Waals surface area (Å²) in [5.41, 5.74) is -1.19. The van der Waals surface area contributed by atoms with E-state index in [2.05, 4.69) is 9.72 Å². The molecule has 1 saturated heterocycles. The predicted octanol–water partition coefficient (Wildman–Crippen LogP) is -2.06. The van der Waals surface area contributed by atoms with Gasteiger partial charge in [-0.3, -0.25) is 19.1 Å². The molecule has 9 nitrogen and oxygen atoms in total. The lowest BCUT2D eigenvalue weighted by Crippen LogP contribution is -2.50. The van der Waals surface area contributed by atoms with Crippen LogP contribution in [-0.2, 0) is 25.6 Å². The lowest BCUT2D eigenvalue weighted by Gasteiger charge is -2.31. The van der Waals surface area contributed by atoms with Gasteiger partial charge in [0.2, 0.25) is 5.91 Å².